The first-order valence-electron chi connectivity index (χ1n) is 9.87. The number of methoxy groups -OCH3 is 1. The van der Waals surface area contributed by atoms with Crippen LogP contribution in [0.15, 0.2) is 46.8 Å². The highest BCUT2D eigenvalue weighted by Gasteiger charge is 2.39. The predicted octanol–water partition coefficient (Wildman–Crippen LogP) is 2.19. The number of esters is 2. The summed E-state index contributed by atoms with van der Waals surface area (Å²) in [4.78, 5) is 25.5. The molecule has 192 valence electrons. The van der Waals surface area contributed by atoms with Crippen molar-refractivity contribution < 1.29 is 36.8 Å². The monoisotopic (exact) mass is 540 g/mol. The van der Waals surface area contributed by atoms with Crippen LogP contribution in [0.1, 0.15) is 25.3 Å². The SMILES string of the molecule is CCOC(=O)C1=C(COCCN)NC(C)=C(C(=O)OC)C1c1ccccc1Cl.CS(=O)(=O)O.Cl. The lowest BCUT2D eigenvalue weighted by molar-refractivity contribution is -0.139. The van der Waals surface area contributed by atoms with E-state index in [1.54, 1.807) is 38.1 Å². The number of hydrogen-bond acceptors (Lipinski definition) is 9. The van der Waals surface area contributed by atoms with Crippen LogP contribution < -0.4 is 11.1 Å². The first kappa shape index (κ1) is 31.9. The van der Waals surface area contributed by atoms with E-state index in [2.05, 4.69) is 5.32 Å². The number of nitrogens with two attached hydrogens (primary N) is 1. The smallest absolute Gasteiger partial charge is 0.336 e. The normalized spacial score (nSPS) is 15.4. The number of hydrogen-bond donors (Lipinski definition) is 3. The molecule has 0 amide bonds. The Morgan fingerprint density at radius 2 is 1.79 bits per heavy atom. The summed E-state index contributed by atoms with van der Waals surface area (Å²) < 4.78 is 41.7. The summed E-state index contributed by atoms with van der Waals surface area (Å²) in [6.45, 7) is 4.42. The number of halogens is 2. The highest BCUT2D eigenvalue weighted by Crippen LogP contribution is 2.41. The Morgan fingerprint density at radius 3 is 2.29 bits per heavy atom. The Bertz CT molecular complexity index is 1020. The van der Waals surface area contributed by atoms with Crippen molar-refractivity contribution in [2.45, 2.75) is 19.8 Å². The van der Waals surface area contributed by atoms with Crippen LogP contribution >= 0.6 is 24.0 Å². The van der Waals surface area contributed by atoms with Gasteiger partial charge in [-0.2, -0.15) is 8.42 Å². The molecule has 1 atom stereocenters. The van der Waals surface area contributed by atoms with Crippen molar-refractivity contribution >= 4 is 46.1 Å². The zero-order chi connectivity index (χ0) is 25.2. The van der Waals surface area contributed by atoms with E-state index in [0.717, 1.165) is 0 Å². The van der Waals surface area contributed by atoms with Gasteiger partial charge in [0.25, 0.3) is 10.1 Å². The second-order valence-corrected chi connectivity index (χ2v) is 8.67. The van der Waals surface area contributed by atoms with Crippen LogP contribution in [0.3, 0.4) is 0 Å². The van der Waals surface area contributed by atoms with Gasteiger partial charge in [0.2, 0.25) is 0 Å². The quantitative estimate of drug-likeness (QED) is 0.254. The predicted molar refractivity (Wildman–Crippen MR) is 130 cm³/mol. The van der Waals surface area contributed by atoms with E-state index >= 15 is 0 Å². The third kappa shape index (κ3) is 9.61. The lowest BCUT2D eigenvalue weighted by Crippen LogP contribution is -2.35. The average Bonchev–Trinajstić information content (AvgIpc) is 2.72. The second-order valence-electron chi connectivity index (χ2n) is 6.80. The second kappa shape index (κ2) is 15.0. The maximum atomic E-state index is 12.9. The fourth-order valence-corrected chi connectivity index (χ4v) is 3.36. The summed E-state index contributed by atoms with van der Waals surface area (Å²) in [5.41, 5.74) is 7.70. The van der Waals surface area contributed by atoms with Crippen molar-refractivity contribution in [3.05, 3.63) is 57.4 Å². The van der Waals surface area contributed by atoms with Crippen molar-refractivity contribution in [3.8, 4) is 0 Å². The van der Waals surface area contributed by atoms with Gasteiger partial charge in [-0.25, -0.2) is 9.59 Å². The van der Waals surface area contributed by atoms with Crippen LogP contribution in [-0.4, -0.2) is 64.6 Å². The Labute approximate surface area is 210 Å². The van der Waals surface area contributed by atoms with Gasteiger partial charge in [0, 0.05) is 17.3 Å². The molecule has 1 unspecified atom stereocenters. The van der Waals surface area contributed by atoms with E-state index < -0.39 is 28.0 Å². The maximum absolute atomic E-state index is 12.9. The topological polar surface area (TPSA) is 154 Å². The number of ether oxygens (including phenoxy) is 3. The van der Waals surface area contributed by atoms with Crippen LogP contribution in [-0.2, 0) is 33.9 Å². The molecule has 0 aliphatic carbocycles. The Hall–Kier alpha value is -2.15. The Kier molecular flexibility index (Phi) is 14.0. The summed E-state index contributed by atoms with van der Waals surface area (Å²) in [5, 5.41) is 3.52. The van der Waals surface area contributed by atoms with Crippen molar-refractivity contribution in [1.29, 1.82) is 0 Å². The van der Waals surface area contributed by atoms with Crippen LogP contribution in [0.4, 0.5) is 0 Å². The van der Waals surface area contributed by atoms with Gasteiger partial charge < -0.3 is 25.3 Å². The fraction of sp³-hybridized carbons (Fsp3) is 0.429. The highest BCUT2D eigenvalue weighted by molar-refractivity contribution is 7.85. The van der Waals surface area contributed by atoms with Gasteiger partial charge in [0.15, 0.2) is 0 Å². The van der Waals surface area contributed by atoms with Crippen LogP contribution in [0.2, 0.25) is 5.02 Å². The summed E-state index contributed by atoms with van der Waals surface area (Å²) in [5.74, 6) is -1.86. The molecule has 2 rings (SSSR count). The zero-order valence-electron chi connectivity index (χ0n) is 19.3. The molecule has 0 saturated carbocycles. The first-order valence-corrected chi connectivity index (χ1v) is 12.1. The molecule has 1 aliphatic rings. The number of carbonyl (C=O) groups is 2. The van der Waals surface area contributed by atoms with Gasteiger partial charge in [-0.15, -0.1) is 12.4 Å². The number of nitrogens with one attached hydrogen (secondary N) is 1. The van der Waals surface area contributed by atoms with Crippen LogP contribution in [0.25, 0.3) is 0 Å². The molecule has 10 nitrogen and oxygen atoms in total. The third-order valence-electron chi connectivity index (χ3n) is 4.27. The summed E-state index contributed by atoms with van der Waals surface area (Å²) in [6.07, 6.45) is 0.715. The minimum absolute atomic E-state index is 0. The molecule has 13 heteroatoms. The van der Waals surface area contributed by atoms with Gasteiger partial charge >= 0.3 is 11.9 Å². The summed E-state index contributed by atoms with van der Waals surface area (Å²) in [6, 6.07) is 7.05. The molecule has 1 aliphatic heterocycles. The van der Waals surface area contributed by atoms with E-state index in [0.29, 0.717) is 47.0 Å². The Morgan fingerprint density at radius 1 is 1.21 bits per heavy atom. The van der Waals surface area contributed by atoms with Crippen molar-refractivity contribution in [2.24, 2.45) is 5.73 Å². The van der Waals surface area contributed by atoms with Gasteiger partial charge in [-0.3, -0.25) is 4.55 Å². The van der Waals surface area contributed by atoms with E-state index in [9.17, 15) is 18.0 Å². The van der Waals surface area contributed by atoms with Gasteiger partial charge in [-0.1, -0.05) is 29.8 Å². The molecule has 34 heavy (non-hydrogen) atoms. The average molecular weight is 541 g/mol. The molecule has 0 fully saturated rings. The van der Waals surface area contributed by atoms with E-state index in [-0.39, 0.29) is 31.2 Å². The highest BCUT2D eigenvalue weighted by atomic mass is 35.5. The number of allylic oxidation sites excluding steroid dienone is 1. The summed E-state index contributed by atoms with van der Waals surface area (Å²) in [7, 11) is -2.38. The molecular formula is C21H30Cl2N2O8S. The van der Waals surface area contributed by atoms with Crippen molar-refractivity contribution in [2.75, 3.05) is 39.7 Å². The molecule has 1 aromatic rings. The minimum Gasteiger partial charge on any atom is -0.466 e. The molecule has 0 bridgehead atoms. The molecule has 0 spiro atoms. The number of rotatable bonds is 8. The standard InChI is InChI=1S/C20H25ClN2O5.CH4O3S.ClH/c1-4-28-20(25)18-15(11-27-10-9-22)23-12(2)16(19(24)26-3)17(18)13-7-5-6-8-14(13)21;1-5(2,3)4;/h5-8,17,23H,4,9-11,22H2,1-3H3;1H3,(H,2,3,4);1H. The van der Waals surface area contributed by atoms with E-state index in [1.165, 1.54) is 7.11 Å². The molecule has 4 N–H and O–H groups in total. The first-order chi connectivity index (χ1) is 15.5. The molecule has 0 radical (unpaired) electrons. The van der Waals surface area contributed by atoms with Gasteiger partial charge in [0.05, 0.1) is 55.9 Å². The fourth-order valence-electron chi connectivity index (χ4n) is 3.12. The minimum atomic E-state index is -3.67. The molecule has 1 heterocycles. The lowest BCUT2D eigenvalue weighted by atomic mass is 9.80. The molecular weight excluding hydrogens is 511 g/mol. The van der Waals surface area contributed by atoms with E-state index in [1.807, 2.05) is 0 Å². The zero-order valence-corrected chi connectivity index (χ0v) is 21.7. The number of benzene rings is 1. The summed E-state index contributed by atoms with van der Waals surface area (Å²) >= 11 is 6.42. The number of dihydropyridines is 1. The maximum Gasteiger partial charge on any atom is 0.336 e. The Balaban J connectivity index is 0.00000164. The third-order valence-corrected chi connectivity index (χ3v) is 4.61. The largest absolute Gasteiger partial charge is 0.466 e. The van der Waals surface area contributed by atoms with Gasteiger partial charge in [-0.05, 0) is 25.5 Å². The molecule has 1 aromatic carbocycles. The lowest BCUT2D eigenvalue weighted by Gasteiger charge is -2.31. The van der Waals surface area contributed by atoms with Gasteiger partial charge in [0.1, 0.15) is 0 Å². The number of carbonyl (C=O) groups excluding carboxylic acids is 2. The van der Waals surface area contributed by atoms with Crippen LogP contribution in [0.5, 0.6) is 0 Å². The van der Waals surface area contributed by atoms with Crippen LogP contribution in [0, 0.1) is 0 Å². The molecule has 0 saturated heterocycles. The van der Waals surface area contributed by atoms with Crippen molar-refractivity contribution in [1.82, 2.24) is 5.32 Å². The molecule has 0 aromatic heterocycles. The van der Waals surface area contributed by atoms with Crippen molar-refractivity contribution in [3.63, 3.8) is 0 Å². The van der Waals surface area contributed by atoms with E-state index in [4.69, 9.17) is 36.1 Å².